The molecule has 0 aliphatic heterocycles. The predicted octanol–water partition coefficient (Wildman–Crippen LogP) is 4.76. The summed E-state index contributed by atoms with van der Waals surface area (Å²) in [7, 11) is 2.20. The molecule has 1 N–H and O–H groups in total. The van der Waals surface area contributed by atoms with E-state index in [2.05, 4.69) is 57.6 Å². The Morgan fingerprint density at radius 2 is 2.10 bits per heavy atom. The van der Waals surface area contributed by atoms with Gasteiger partial charge in [0.05, 0.1) is 0 Å². The van der Waals surface area contributed by atoms with Crippen molar-refractivity contribution in [1.29, 1.82) is 0 Å². The van der Waals surface area contributed by atoms with Crippen LogP contribution in [0.15, 0.2) is 22.0 Å². The SMILES string of the molecule is Cc1sc(CNC2CC2)cc1CN(C)Cc1cc(Br)cs1. The standard InChI is InChI=1S/C16H21BrN2S2/c1-11-12(5-15(21-11)7-18-14-3-4-14)8-19(2)9-16-6-13(17)10-20-16/h5-6,10,14,18H,3-4,7-9H2,1-2H3. The molecule has 1 fully saturated rings. The van der Waals surface area contributed by atoms with Gasteiger partial charge in [-0.2, -0.15) is 0 Å². The van der Waals surface area contributed by atoms with E-state index < -0.39 is 0 Å². The molecule has 2 aromatic rings. The molecule has 21 heavy (non-hydrogen) atoms. The molecule has 0 unspecified atom stereocenters. The first-order chi connectivity index (χ1) is 10.1. The second-order valence-electron chi connectivity index (χ2n) is 5.85. The first kappa shape index (κ1) is 15.7. The van der Waals surface area contributed by atoms with Crippen LogP contribution in [0.25, 0.3) is 0 Å². The molecule has 2 aromatic heterocycles. The fraction of sp³-hybridized carbons (Fsp3) is 0.500. The highest BCUT2D eigenvalue weighted by Gasteiger charge is 2.20. The Bertz CT molecular complexity index is 601. The number of hydrogen-bond acceptors (Lipinski definition) is 4. The minimum Gasteiger partial charge on any atom is -0.309 e. The molecule has 2 heterocycles. The average Bonchev–Trinajstić information content (AvgIpc) is 3.08. The number of hydrogen-bond donors (Lipinski definition) is 1. The molecule has 1 aliphatic rings. The number of nitrogens with zero attached hydrogens (tertiary/aromatic N) is 1. The van der Waals surface area contributed by atoms with Crippen LogP contribution in [-0.4, -0.2) is 18.0 Å². The van der Waals surface area contributed by atoms with Crippen molar-refractivity contribution in [1.82, 2.24) is 10.2 Å². The normalized spacial score (nSPS) is 15.0. The van der Waals surface area contributed by atoms with Crippen molar-refractivity contribution in [3.8, 4) is 0 Å². The van der Waals surface area contributed by atoms with Crippen LogP contribution in [0, 0.1) is 6.92 Å². The topological polar surface area (TPSA) is 15.3 Å². The molecule has 0 amide bonds. The maximum absolute atomic E-state index is 3.60. The zero-order valence-corrected chi connectivity index (χ0v) is 15.7. The van der Waals surface area contributed by atoms with E-state index in [0.717, 1.165) is 25.7 Å². The highest BCUT2D eigenvalue weighted by Crippen LogP contribution is 2.26. The summed E-state index contributed by atoms with van der Waals surface area (Å²) < 4.78 is 1.19. The van der Waals surface area contributed by atoms with Crippen molar-refractivity contribution < 1.29 is 0 Å². The van der Waals surface area contributed by atoms with Gasteiger partial charge in [0.2, 0.25) is 0 Å². The molecule has 3 rings (SSSR count). The summed E-state index contributed by atoms with van der Waals surface area (Å²) >= 11 is 7.29. The summed E-state index contributed by atoms with van der Waals surface area (Å²) in [5, 5.41) is 5.76. The Kier molecular flexibility index (Phi) is 5.17. The zero-order chi connectivity index (χ0) is 14.8. The van der Waals surface area contributed by atoms with Crippen molar-refractivity contribution in [3.05, 3.63) is 42.2 Å². The zero-order valence-electron chi connectivity index (χ0n) is 12.5. The van der Waals surface area contributed by atoms with Gasteiger partial charge in [0.25, 0.3) is 0 Å². The van der Waals surface area contributed by atoms with Gasteiger partial charge >= 0.3 is 0 Å². The highest BCUT2D eigenvalue weighted by atomic mass is 79.9. The van der Waals surface area contributed by atoms with Gasteiger partial charge in [0.15, 0.2) is 0 Å². The number of nitrogens with one attached hydrogen (secondary N) is 1. The third-order valence-electron chi connectivity index (χ3n) is 3.70. The maximum atomic E-state index is 3.60. The maximum Gasteiger partial charge on any atom is 0.0328 e. The van der Waals surface area contributed by atoms with Gasteiger partial charge in [-0.25, -0.2) is 0 Å². The van der Waals surface area contributed by atoms with Crippen LogP contribution < -0.4 is 5.32 Å². The number of rotatable bonds is 7. The lowest BCUT2D eigenvalue weighted by Crippen LogP contribution is -2.16. The first-order valence-electron chi connectivity index (χ1n) is 7.33. The van der Waals surface area contributed by atoms with E-state index in [1.807, 2.05) is 22.7 Å². The van der Waals surface area contributed by atoms with E-state index >= 15 is 0 Å². The van der Waals surface area contributed by atoms with Crippen LogP contribution in [0.2, 0.25) is 0 Å². The van der Waals surface area contributed by atoms with E-state index in [-0.39, 0.29) is 0 Å². The Morgan fingerprint density at radius 1 is 1.29 bits per heavy atom. The summed E-state index contributed by atoms with van der Waals surface area (Å²) in [6, 6.07) is 5.39. The fourth-order valence-corrected chi connectivity index (χ4v) is 4.95. The fourth-order valence-electron chi connectivity index (χ4n) is 2.41. The molecule has 0 aromatic carbocycles. The molecule has 0 saturated heterocycles. The van der Waals surface area contributed by atoms with Gasteiger partial charge < -0.3 is 5.32 Å². The average molecular weight is 385 g/mol. The predicted molar refractivity (Wildman–Crippen MR) is 96.1 cm³/mol. The van der Waals surface area contributed by atoms with E-state index in [1.165, 1.54) is 37.5 Å². The molecule has 114 valence electrons. The molecule has 0 spiro atoms. The quantitative estimate of drug-likeness (QED) is 0.739. The van der Waals surface area contributed by atoms with E-state index in [0.29, 0.717) is 0 Å². The highest BCUT2D eigenvalue weighted by molar-refractivity contribution is 9.10. The van der Waals surface area contributed by atoms with Crippen molar-refractivity contribution in [2.45, 2.75) is 45.4 Å². The van der Waals surface area contributed by atoms with E-state index in [9.17, 15) is 0 Å². The molecule has 0 bridgehead atoms. The van der Waals surface area contributed by atoms with Crippen LogP contribution in [0.4, 0.5) is 0 Å². The Morgan fingerprint density at radius 3 is 2.76 bits per heavy atom. The van der Waals surface area contributed by atoms with Crippen LogP contribution in [0.1, 0.15) is 33.0 Å². The summed E-state index contributed by atoms with van der Waals surface area (Å²) in [5.74, 6) is 0. The van der Waals surface area contributed by atoms with Crippen molar-refractivity contribution >= 4 is 38.6 Å². The molecule has 2 nitrogen and oxygen atoms in total. The lowest BCUT2D eigenvalue weighted by Gasteiger charge is -2.15. The van der Waals surface area contributed by atoms with Crippen molar-refractivity contribution in [2.75, 3.05) is 7.05 Å². The summed E-state index contributed by atoms with van der Waals surface area (Å²) in [4.78, 5) is 6.74. The van der Waals surface area contributed by atoms with Gasteiger partial charge in [-0.1, -0.05) is 0 Å². The van der Waals surface area contributed by atoms with E-state index in [4.69, 9.17) is 0 Å². The number of halogens is 1. The van der Waals surface area contributed by atoms with Gasteiger partial charge in [0.1, 0.15) is 0 Å². The molecule has 0 radical (unpaired) electrons. The monoisotopic (exact) mass is 384 g/mol. The lowest BCUT2D eigenvalue weighted by atomic mass is 10.2. The minimum absolute atomic E-state index is 0.788. The Labute approximate surface area is 143 Å². The second-order valence-corrected chi connectivity index (χ2v) is 9.11. The third kappa shape index (κ3) is 4.63. The molecule has 5 heteroatoms. The van der Waals surface area contributed by atoms with Crippen molar-refractivity contribution in [3.63, 3.8) is 0 Å². The third-order valence-corrected chi connectivity index (χ3v) is 6.48. The second kappa shape index (κ2) is 6.92. The van der Waals surface area contributed by atoms with Gasteiger partial charge in [0, 0.05) is 50.2 Å². The lowest BCUT2D eigenvalue weighted by molar-refractivity contribution is 0.322. The van der Waals surface area contributed by atoms with Crippen LogP contribution in [-0.2, 0) is 19.6 Å². The Balaban J connectivity index is 1.55. The smallest absolute Gasteiger partial charge is 0.0328 e. The van der Waals surface area contributed by atoms with Crippen molar-refractivity contribution in [2.24, 2.45) is 0 Å². The number of thiophene rings is 2. The van der Waals surface area contributed by atoms with Crippen LogP contribution in [0.3, 0.4) is 0 Å². The van der Waals surface area contributed by atoms with Crippen LogP contribution in [0.5, 0.6) is 0 Å². The molecule has 1 aliphatic carbocycles. The largest absolute Gasteiger partial charge is 0.309 e. The number of aryl methyl sites for hydroxylation is 1. The molecule has 0 atom stereocenters. The molecular weight excluding hydrogens is 364 g/mol. The van der Waals surface area contributed by atoms with E-state index in [1.54, 1.807) is 0 Å². The molecule has 1 saturated carbocycles. The summed E-state index contributed by atoms with van der Waals surface area (Å²) in [5.41, 5.74) is 1.48. The van der Waals surface area contributed by atoms with Crippen LogP contribution >= 0.6 is 38.6 Å². The summed E-state index contributed by atoms with van der Waals surface area (Å²) in [6.07, 6.45) is 2.71. The summed E-state index contributed by atoms with van der Waals surface area (Å²) in [6.45, 7) is 5.33. The Hall–Kier alpha value is -0.200. The van der Waals surface area contributed by atoms with Gasteiger partial charge in [-0.15, -0.1) is 22.7 Å². The molecular formula is C16H21BrN2S2. The van der Waals surface area contributed by atoms with Gasteiger partial charge in [-0.05, 0) is 60.4 Å². The first-order valence-corrected chi connectivity index (χ1v) is 9.82. The van der Waals surface area contributed by atoms with Gasteiger partial charge in [-0.3, -0.25) is 4.90 Å². The minimum atomic E-state index is 0.788.